The lowest BCUT2D eigenvalue weighted by molar-refractivity contribution is 0.301. The normalized spacial score (nSPS) is 13.9. The SMILES string of the molecule is CC(C)N(C(C)C)S(=O)(=O)c1cn(C(C)C)nc1C(C)(C)C. The minimum Gasteiger partial charge on any atom is -0.269 e. The van der Waals surface area contributed by atoms with Crippen LogP contribution in [0.4, 0.5) is 0 Å². The lowest BCUT2D eigenvalue weighted by Crippen LogP contribution is -2.42. The van der Waals surface area contributed by atoms with Crippen molar-refractivity contribution < 1.29 is 8.42 Å². The summed E-state index contributed by atoms with van der Waals surface area (Å²) >= 11 is 0. The van der Waals surface area contributed by atoms with Crippen molar-refractivity contribution in [2.75, 3.05) is 0 Å². The van der Waals surface area contributed by atoms with E-state index in [4.69, 9.17) is 0 Å². The van der Waals surface area contributed by atoms with E-state index in [1.54, 1.807) is 15.2 Å². The fourth-order valence-electron chi connectivity index (χ4n) is 2.61. The van der Waals surface area contributed by atoms with E-state index in [1.807, 2.05) is 62.3 Å². The Morgan fingerprint density at radius 2 is 1.50 bits per heavy atom. The van der Waals surface area contributed by atoms with Gasteiger partial charge in [-0.15, -0.1) is 0 Å². The Morgan fingerprint density at radius 1 is 1.05 bits per heavy atom. The minimum absolute atomic E-state index is 0.0970. The molecule has 1 aromatic rings. The lowest BCUT2D eigenvalue weighted by Gasteiger charge is -2.30. The molecular formula is C16H31N3O2S. The van der Waals surface area contributed by atoms with E-state index in [9.17, 15) is 8.42 Å². The van der Waals surface area contributed by atoms with Crippen LogP contribution in [0.5, 0.6) is 0 Å². The molecule has 0 unspecified atom stereocenters. The molecule has 0 N–H and O–H groups in total. The zero-order chi connectivity index (χ0) is 17.5. The van der Waals surface area contributed by atoms with Gasteiger partial charge in [-0.1, -0.05) is 20.8 Å². The van der Waals surface area contributed by atoms with Crippen molar-refractivity contribution in [3.8, 4) is 0 Å². The summed E-state index contributed by atoms with van der Waals surface area (Å²) in [5, 5.41) is 4.56. The molecule has 1 aromatic heterocycles. The van der Waals surface area contributed by atoms with Gasteiger partial charge in [-0.2, -0.15) is 9.40 Å². The first-order valence-electron chi connectivity index (χ1n) is 7.93. The van der Waals surface area contributed by atoms with Crippen LogP contribution in [0.3, 0.4) is 0 Å². The fraction of sp³-hybridized carbons (Fsp3) is 0.812. The predicted molar refractivity (Wildman–Crippen MR) is 90.6 cm³/mol. The maximum absolute atomic E-state index is 13.2. The highest BCUT2D eigenvalue weighted by Crippen LogP contribution is 2.32. The Kier molecular flexibility index (Phi) is 5.50. The number of hydrogen-bond donors (Lipinski definition) is 0. The quantitative estimate of drug-likeness (QED) is 0.830. The van der Waals surface area contributed by atoms with Crippen molar-refractivity contribution >= 4 is 10.0 Å². The third-order valence-corrected chi connectivity index (χ3v) is 5.76. The van der Waals surface area contributed by atoms with Gasteiger partial charge in [0.05, 0.1) is 5.69 Å². The minimum atomic E-state index is -3.58. The van der Waals surface area contributed by atoms with Crippen LogP contribution in [0.2, 0.25) is 0 Å². The lowest BCUT2D eigenvalue weighted by atomic mass is 9.92. The molecule has 1 rings (SSSR count). The monoisotopic (exact) mass is 329 g/mol. The van der Waals surface area contributed by atoms with Gasteiger partial charge in [-0.3, -0.25) is 4.68 Å². The Hall–Kier alpha value is -0.880. The van der Waals surface area contributed by atoms with Crippen LogP contribution in [0.1, 0.15) is 74.0 Å². The first kappa shape index (κ1) is 19.2. The fourth-order valence-corrected chi connectivity index (χ4v) is 4.78. The van der Waals surface area contributed by atoms with E-state index in [0.717, 1.165) is 0 Å². The molecule has 0 aromatic carbocycles. The summed E-state index contributed by atoms with van der Waals surface area (Å²) in [5.41, 5.74) is 0.301. The van der Waals surface area contributed by atoms with Crippen LogP contribution in [0.15, 0.2) is 11.1 Å². The summed E-state index contributed by atoms with van der Waals surface area (Å²) in [7, 11) is -3.58. The molecule has 128 valence electrons. The maximum atomic E-state index is 13.2. The van der Waals surface area contributed by atoms with E-state index in [0.29, 0.717) is 10.6 Å². The van der Waals surface area contributed by atoms with Crippen LogP contribution in [-0.2, 0) is 15.4 Å². The van der Waals surface area contributed by atoms with Gasteiger partial charge < -0.3 is 0 Å². The van der Waals surface area contributed by atoms with Gasteiger partial charge in [-0.25, -0.2) is 8.42 Å². The van der Waals surface area contributed by atoms with Crippen molar-refractivity contribution in [1.82, 2.24) is 14.1 Å². The number of nitrogens with zero attached hydrogens (tertiary/aromatic N) is 3. The molecule has 0 fully saturated rings. The van der Waals surface area contributed by atoms with E-state index in [2.05, 4.69) is 5.10 Å². The summed E-state index contributed by atoms with van der Waals surface area (Å²) in [6.07, 6.45) is 1.68. The van der Waals surface area contributed by atoms with Crippen molar-refractivity contribution in [2.24, 2.45) is 0 Å². The highest BCUT2D eigenvalue weighted by Gasteiger charge is 2.36. The maximum Gasteiger partial charge on any atom is 0.246 e. The third kappa shape index (κ3) is 3.71. The summed E-state index contributed by atoms with van der Waals surface area (Å²) in [6.45, 7) is 17.6. The second-order valence-corrected chi connectivity index (χ2v) is 9.50. The summed E-state index contributed by atoms with van der Waals surface area (Å²) in [6, 6.07) is -0.0722. The number of aromatic nitrogens is 2. The van der Waals surface area contributed by atoms with Crippen molar-refractivity contribution in [3.63, 3.8) is 0 Å². The number of sulfonamides is 1. The van der Waals surface area contributed by atoms with Crippen LogP contribution < -0.4 is 0 Å². The smallest absolute Gasteiger partial charge is 0.246 e. The van der Waals surface area contributed by atoms with Crippen LogP contribution in [0.25, 0.3) is 0 Å². The molecule has 0 saturated carbocycles. The number of hydrogen-bond acceptors (Lipinski definition) is 3. The Bertz CT molecular complexity index is 600. The van der Waals surface area contributed by atoms with Crippen molar-refractivity contribution in [2.45, 2.75) is 90.7 Å². The molecule has 0 saturated heterocycles. The summed E-state index contributed by atoms with van der Waals surface area (Å²) in [4.78, 5) is 0.330. The van der Waals surface area contributed by atoms with Gasteiger partial charge in [0, 0.05) is 29.7 Å². The van der Waals surface area contributed by atoms with Gasteiger partial charge in [0.1, 0.15) is 4.90 Å². The molecule has 0 spiro atoms. The second kappa shape index (κ2) is 6.32. The van der Waals surface area contributed by atoms with Crippen LogP contribution in [0, 0.1) is 0 Å². The zero-order valence-corrected chi connectivity index (χ0v) is 16.2. The molecule has 0 aliphatic carbocycles. The molecular weight excluding hydrogens is 298 g/mol. The molecule has 5 nitrogen and oxygen atoms in total. The molecule has 0 aliphatic heterocycles. The number of rotatable bonds is 5. The largest absolute Gasteiger partial charge is 0.269 e. The molecule has 6 heteroatoms. The average molecular weight is 330 g/mol. The van der Waals surface area contributed by atoms with Crippen LogP contribution in [-0.4, -0.2) is 34.6 Å². The van der Waals surface area contributed by atoms with Gasteiger partial charge in [0.2, 0.25) is 10.0 Å². The van der Waals surface area contributed by atoms with Crippen molar-refractivity contribution in [1.29, 1.82) is 0 Å². The second-order valence-electron chi connectivity index (χ2n) is 7.69. The highest BCUT2D eigenvalue weighted by atomic mass is 32.2. The predicted octanol–water partition coefficient (Wildman–Crippen LogP) is 3.57. The van der Waals surface area contributed by atoms with E-state index in [-0.39, 0.29) is 23.5 Å². The average Bonchev–Trinajstić information content (AvgIpc) is 2.71. The van der Waals surface area contributed by atoms with Crippen molar-refractivity contribution in [3.05, 3.63) is 11.9 Å². The highest BCUT2D eigenvalue weighted by molar-refractivity contribution is 7.89. The first-order valence-corrected chi connectivity index (χ1v) is 9.37. The molecule has 0 bridgehead atoms. The first-order chi connectivity index (χ1) is 9.80. The molecule has 0 amide bonds. The van der Waals surface area contributed by atoms with Crippen LogP contribution >= 0.6 is 0 Å². The summed E-state index contributed by atoms with van der Waals surface area (Å²) in [5.74, 6) is 0. The molecule has 0 radical (unpaired) electrons. The van der Waals surface area contributed by atoms with Gasteiger partial charge in [0.25, 0.3) is 0 Å². The zero-order valence-electron chi connectivity index (χ0n) is 15.4. The topological polar surface area (TPSA) is 55.2 Å². The van der Waals surface area contributed by atoms with Gasteiger partial charge >= 0.3 is 0 Å². The Morgan fingerprint density at radius 3 is 1.82 bits per heavy atom. The van der Waals surface area contributed by atoms with E-state index >= 15 is 0 Å². The Balaban J connectivity index is 3.59. The molecule has 0 atom stereocenters. The van der Waals surface area contributed by atoms with E-state index in [1.165, 1.54) is 0 Å². The van der Waals surface area contributed by atoms with E-state index < -0.39 is 10.0 Å². The molecule has 1 heterocycles. The van der Waals surface area contributed by atoms with Gasteiger partial charge in [-0.05, 0) is 41.5 Å². The summed E-state index contributed by atoms with van der Waals surface area (Å²) < 4.78 is 29.7. The molecule has 22 heavy (non-hydrogen) atoms. The Labute approximate surface area is 135 Å². The third-order valence-electron chi connectivity index (χ3n) is 3.51. The standard InChI is InChI=1S/C16H31N3O2S/c1-11(2)18-10-14(15(17-18)16(7,8)9)22(20,21)19(12(3)4)13(5)6/h10-13H,1-9H3. The molecule has 0 aliphatic rings. The van der Waals surface area contributed by atoms with Gasteiger partial charge in [0.15, 0.2) is 0 Å².